The second-order valence-corrected chi connectivity index (χ2v) is 5.90. The van der Waals surface area contributed by atoms with Gasteiger partial charge in [0.25, 0.3) is 0 Å². The number of rotatable bonds is 3. The molecule has 0 unspecified atom stereocenters. The second-order valence-electron chi connectivity index (χ2n) is 5.90. The van der Waals surface area contributed by atoms with Gasteiger partial charge in [0.05, 0.1) is 19.3 Å². The minimum Gasteiger partial charge on any atom is -0.465 e. The van der Waals surface area contributed by atoms with Crippen LogP contribution in [0, 0.1) is 17.3 Å². The van der Waals surface area contributed by atoms with Crippen LogP contribution in [0.4, 0.5) is 0 Å². The summed E-state index contributed by atoms with van der Waals surface area (Å²) in [6.45, 7) is 9.56. The normalized spacial score (nSPS) is 39.1. The molecule has 1 aliphatic carbocycles. The summed E-state index contributed by atoms with van der Waals surface area (Å²) in [6.07, 6.45) is 4.14. The molecule has 0 amide bonds. The third kappa shape index (κ3) is 2.33. The van der Waals surface area contributed by atoms with Gasteiger partial charge >= 0.3 is 5.97 Å². The third-order valence-electron chi connectivity index (χ3n) is 4.70. The van der Waals surface area contributed by atoms with E-state index in [0.29, 0.717) is 31.5 Å². The van der Waals surface area contributed by atoms with E-state index in [4.69, 9.17) is 9.47 Å². The summed E-state index contributed by atoms with van der Waals surface area (Å²) >= 11 is 0. The predicted octanol–water partition coefficient (Wildman–Crippen LogP) is 2.95. The van der Waals surface area contributed by atoms with Crippen LogP contribution in [0.15, 0.2) is 11.6 Å². The van der Waals surface area contributed by atoms with Crippen LogP contribution in [0.2, 0.25) is 0 Å². The Labute approximate surface area is 110 Å². The van der Waals surface area contributed by atoms with Gasteiger partial charge in [-0.25, -0.2) is 0 Å². The molecule has 2 bridgehead atoms. The molecule has 1 aliphatic heterocycles. The van der Waals surface area contributed by atoms with E-state index in [0.717, 1.165) is 6.42 Å². The van der Waals surface area contributed by atoms with Gasteiger partial charge in [0.1, 0.15) is 0 Å². The average molecular weight is 252 g/mol. The fraction of sp³-hybridized carbons (Fsp3) is 0.800. The monoisotopic (exact) mass is 252 g/mol. The van der Waals surface area contributed by atoms with E-state index in [1.807, 2.05) is 6.92 Å². The Morgan fingerprint density at radius 1 is 1.56 bits per heavy atom. The van der Waals surface area contributed by atoms with E-state index in [1.54, 1.807) is 0 Å². The van der Waals surface area contributed by atoms with Crippen LogP contribution in [-0.2, 0) is 14.3 Å². The van der Waals surface area contributed by atoms with Crippen molar-refractivity contribution < 1.29 is 14.3 Å². The Morgan fingerprint density at radius 2 is 2.28 bits per heavy atom. The smallest absolute Gasteiger partial charge is 0.305 e. The maximum atomic E-state index is 11.4. The second kappa shape index (κ2) is 5.04. The maximum Gasteiger partial charge on any atom is 0.305 e. The first-order valence-corrected chi connectivity index (χ1v) is 6.94. The molecule has 3 heteroatoms. The summed E-state index contributed by atoms with van der Waals surface area (Å²) in [6, 6.07) is 0. The van der Waals surface area contributed by atoms with Crippen molar-refractivity contribution in [2.24, 2.45) is 17.3 Å². The molecule has 1 fully saturated rings. The molecule has 0 N–H and O–H groups in total. The summed E-state index contributed by atoms with van der Waals surface area (Å²) in [5.74, 6) is 0.777. The van der Waals surface area contributed by atoms with Crippen molar-refractivity contribution in [1.29, 1.82) is 0 Å². The molecule has 0 saturated carbocycles. The topological polar surface area (TPSA) is 35.5 Å². The molecule has 2 rings (SSSR count). The lowest BCUT2D eigenvalue weighted by Crippen LogP contribution is -2.50. The van der Waals surface area contributed by atoms with Crippen LogP contribution in [0.25, 0.3) is 0 Å². The molecular weight excluding hydrogens is 228 g/mol. The maximum absolute atomic E-state index is 11.4. The van der Waals surface area contributed by atoms with Crippen molar-refractivity contribution in [3.63, 3.8) is 0 Å². The van der Waals surface area contributed by atoms with Crippen LogP contribution in [0.1, 0.15) is 40.5 Å². The Hall–Kier alpha value is -0.830. The van der Waals surface area contributed by atoms with Gasteiger partial charge in [0.2, 0.25) is 0 Å². The Balaban J connectivity index is 2.14. The summed E-state index contributed by atoms with van der Waals surface area (Å²) in [5.41, 5.74) is 1.41. The van der Waals surface area contributed by atoms with Crippen LogP contribution in [0.5, 0.6) is 0 Å². The lowest BCUT2D eigenvalue weighted by molar-refractivity contribution is -0.161. The number of esters is 1. The zero-order valence-electron chi connectivity index (χ0n) is 11.9. The molecule has 4 atom stereocenters. The number of carbonyl (C=O) groups is 1. The van der Waals surface area contributed by atoms with Gasteiger partial charge in [0, 0.05) is 17.8 Å². The van der Waals surface area contributed by atoms with Crippen LogP contribution in [-0.4, -0.2) is 25.3 Å². The first-order valence-electron chi connectivity index (χ1n) is 6.94. The third-order valence-corrected chi connectivity index (χ3v) is 4.70. The van der Waals surface area contributed by atoms with Crippen molar-refractivity contribution in [1.82, 2.24) is 0 Å². The quantitative estimate of drug-likeness (QED) is 0.572. The van der Waals surface area contributed by atoms with E-state index in [1.165, 1.54) is 5.57 Å². The molecule has 102 valence electrons. The largest absolute Gasteiger partial charge is 0.465 e. The Kier molecular flexibility index (Phi) is 3.81. The van der Waals surface area contributed by atoms with Gasteiger partial charge in [-0.2, -0.15) is 0 Å². The van der Waals surface area contributed by atoms with Gasteiger partial charge in [-0.1, -0.05) is 25.5 Å². The van der Waals surface area contributed by atoms with Crippen LogP contribution in [0.3, 0.4) is 0 Å². The highest BCUT2D eigenvalue weighted by molar-refractivity contribution is 5.68. The molecule has 0 aromatic heterocycles. The van der Waals surface area contributed by atoms with Gasteiger partial charge in [-0.05, 0) is 26.2 Å². The highest BCUT2D eigenvalue weighted by Gasteiger charge is 2.47. The fourth-order valence-electron chi connectivity index (χ4n) is 3.18. The molecule has 0 radical (unpaired) electrons. The first kappa shape index (κ1) is 13.6. The van der Waals surface area contributed by atoms with E-state index in [9.17, 15) is 4.79 Å². The number of ether oxygens (including phenoxy) is 2. The molecule has 18 heavy (non-hydrogen) atoms. The summed E-state index contributed by atoms with van der Waals surface area (Å²) in [7, 11) is 0. The van der Waals surface area contributed by atoms with Crippen molar-refractivity contribution >= 4 is 5.97 Å². The molecule has 1 heterocycles. The minimum atomic E-state index is -0.113. The molecule has 0 aromatic rings. The Morgan fingerprint density at radius 3 is 2.94 bits per heavy atom. The summed E-state index contributed by atoms with van der Waals surface area (Å²) in [4.78, 5) is 11.4. The average Bonchev–Trinajstić information content (AvgIpc) is 2.36. The molecule has 0 aromatic carbocycles. The van der Waals surface area contributed by atoms with Crippen molar-refractivity contribution in [2.75, 3.05) is 13.2 Å². The lowest BCUT2D eigenvalue weighted by Gasteiger charge is -2.49. The SMILES string of the molecule is CCC(=O)OC[C@]12CO[C@H](C)[C@H](C1)C(C)=C[C@H]2C. The molecule has 0 spiro atoms. The number of allylic oxidation sites excluding steroid dienone is 1. The van der Waals surface area contributed by atoms with E-state index in [2.05, 4.69) is 26.8 Å². The van der Waals surface area contributed by atoms with E-state index >= 15 is 0 Å². The highest BCUT2D eigenvalue weighted by atomic mass is 16.5. The van der Waals surface area contributed by atoms with Crippen molar-refractivity contribution in [2.45, 2.75) is 46.6 Å². The summed E-state index contributed by atoms with van der Waals surface area (Å²) in [5, 5.41) is 0. The lowest BCUT2D eigenvalue weighted by atomic mass is 9.63. The number of hydrogen-bond acceptors (Lipinski definition) is 3. The van der Waals surface area contributed by atoms with Gasteiger partial charge in [-0.15, -0.1) is 0 Å². The van der Waals surface area contributed by atoms with E-state index in [-0.39, 0.29) is 17.5 Å². The number of hydrogen-bond donors (Lipinski definition) is 0. The number of fused-ring (bicyclic) bond motifs is 2. The molecule has 1 saturated heterocycles. The standard InChI is InChI=1S/C15H24O3/c1-5-14(16)18-9-15-7-13(12(4)17-8-15)10(2)6-11(15)3/h6,11-13H,5,7-9H2,1-4H3/t11-,12-,13-,15-/m1/s1. The zero-order chi connectivity index (χ0) is 13.3. The zero-order valence-corrected chi connectivity index (χ0v) is 11.9. The summed E-state index contributed by atoms with van der Waals surface area (Å²) < 4.78 is 11.3. The Bertz CT molecular complexity index is 361. The van der Waals surface area contributed by atoms with E-state index < -0.39 is 0 Å². The van der Waals surface area contributed by atoms with Crippen LogP contribution < -0.4 is 0 Å². The van der Waals surface area contributed by atoms with Gasteiger partial charge in [0.15, 0.2) is 0 Å². The molecule has 3 nitrogen and oxygen atoms in total. The fourth-order valence-corrected chi connectivity index (χ4v) is 3.18. The predicted molar refractivity (Wildman–Crippen MR) is 70.1 cm³/mol. The minimum absolute atomic E-state index is 0.0124. The first-order chi connectivity index (χ1) is 8.48. The number of carbonyl (C=O) groups excluding carboxylic acids is 1. The molecule has 2 aliphatic rings. The molecular formula is C15H24O3. The van der Waals surface area contributed by atoms with Crippen molar-refractivity contribution in [3.05, 3.63) is 11.6 Å². The van der Waals surface area contributed by atoms with Gasteiger partial charge < -0.3 is 9.47 Å². The van der Waals surface area contributed by atoms with Crippen LogP contribution >= 0.6 is 0 Å². The van der Waals surface area contributed by atoms with Gasteiger partial charge in [-0.3, -0.25) is 4.79 Å². The highest BCUT2D eigenvalue weighted by Crippen LogP contribution is 2.48. The van der Waals surface area contributed by atoms with Crippen molar-refractivity contribution in [3.8, 4) is 0 Å².